The van der Waals surface area contributed by atoms with E-state index in [9.17, 15) is 4.79 Å². The summed E-state index contributed by atoms with van der Waals surface area (Å²) in [5, 5.41) is 0. The number of fused-ring (bicyclic) bond motifs is 1. The van der Waals surface area contributed by atoms with Crippen molar-refractivity contribution in [1.82, 2.24) is 4.90 Å². The summed E-state index contributed by atoms with van der Waals surface area (Å²) in [6, 6.07) is 5.49. The van der Waals surface area contributed by atoms with Crippen LogP contribution in [0.15, 0.2) is 23.2 Å². The van der Waals surface area contributed by atoms with Gasteiger partial charge in [0.15, 0.2) is 11.5 Å². The second-order valence-corrected chi connectivity index (χ2v) is 5.13. The van der Waals surface area contributed by atoms with E-state index in [-0.39, 0.29) is 24.8 Å². The van der Waals surface area contributed by atoms with Gasteiger partial charge < -0.3 is 14.4 Å². The van der Waals surface area contributed by atoms with Crippen molar-refractivity contribution in [3.8, 4) is 11.5 Å². The van der Waals surface area contributed by atoms with Crippen LogP contribution in [0.2, 0.25) is 0 Å². The molecule has 0 aliphatic carbocycles. The second-order valence-electron chi connectivity index (χ2n) is 5.13. The molecule has 0 radical (unpaired) electrons. The molecule has 0 aromatic heterocycles. The minimum atomic E-state index is -0.281. The molecule has 1 aromatic carbocycles. The summed E-state index contributed by atoms with van der Waals surface area (Å²) in [6.07, 6.45) is 0.712. The van der Waals surface area contributed by atoms with Gasteiger partial charge in [0, 0.05) is 12.6 Å². The van der Waals surface area contributed by atoms with E-state index in [1.165, 1.54) is 0 Å². The van der Waals surface area contributed by atoms with Crippen LogP contribution in [0.3, 0.4) is 0 Å². The van der Waals surface area contributed by atoms with Crippen LogP contribution in [0.25, 0.3) is 0 Å². The number of carbonyl (C=O) groups is 1. The van der Waals surface area contributed by atoms with E-state index in [1.54, 1.807) is 4.90 Å². The first-order valence-corrected chi connectivity index (χ1v) is 6.86. The molecule has 0 saturated carbocycles. The molecule has 2 heterocycles. The van der Waals surface area contributed by atoms with Gasteiger partial charge in [-0.05, 0) is 31.5 Å². The number of likely N-dealkylation sites (N-methyl/N-ethyl adjacent to an activating group) is 1. The highest BCUT2D eigenvalue weighted by Gasteiger charge is 2.32. The van der Waals surface area contributed by atoms with Gasteiger partial charge >= 0.3 is 0 Å². The zero-order valence-electron chi connectivity index (χ0n) is 11.9. The Kier molecular flexibility index (Phi) is 3.12. The smallest absolute Gasteiger partial charge is 0.247 e. The summed E-state index contributed by atoms with van der Waals surface area (Å²) >= 11 is 0. The molecule has 1 amide bonds. The second kappa shape index (κ2) is 4.81. The Hall–Kier alpha value is -2.04. The van der Waals surface area contributed by atoms with Crippen molar-refractivity contribution in [2.24, 2.45) is 4.99 Å². The van der Waals surface area contributed by atoms with Gasteiger partial charge in [-0.15, -0.1) is 0 Å². The van der Waals surface area contributed by atoms with Crippen LogP contribution >= 0.6 is 0 Å². The lowest BCUT2D eigenvalue weighted by molar-refractivity contribution is -0.132. The molecule has 2 aliphatic heterocycles. The molecule has 3 rings (SSSR count). The van der Waals surface area contributed by atoms with E-state index >= 15 is 0 Å². The molecule has 0 fully saturated rings. The van der Waals surface area contributed by atoms with Gasteiger partial charge in [-0.1, -0.05) is 6.92 Å². The van der Waals surface area contributed by atoms with Gasteiger partial charge in [-0.25, -0.2) is 0 Å². The maximum atomic E-state index is 12.1. The van der Waals surface area contributed by atoms with E-state index in [2.05, 4.69) is 4.99 Å². The molecule has 0 spiro atoms. The van der Waals surface area contributed by atoms with Crippen LogP contribution in [0, 0.1) is 0 Å². The summed E-state index contributed by atoms with van der Waals surface area (Å²) in [6.45, 7) is 4.23. The van der Waals surface area contributed by atoms with Crippen LogP contribution in [0.1, 0.15) is 25.8 Å². The molecule has 1 unspecified atom stereocenters. The number of hydrogen-bond donors (Lipinski definition) is 0. The number of carbonyl (C=O) groups excluding carboxylic acids is 1. The zero-order chi connectivity index (χ0) is 14.3. The standard InChI is InChI=1S/C15H18N2O3/c1-4-11-15(18)17(3)9(2)14(16-11)10-5-6-12-13(7-10)20-8-19-12/h5-7,9,11H,4,8H2,1-3H3/t9?,11-/m0/s1. The largest absolute Gasteiger partial charge is 0.454 e. The SMILES string of the molecule is CC[C@@H]1N=C(c2ccc3c(c2)OCO3)C(C)N(C)C1=O. The fourth-order valence-electron chi connectivity index (χ4n) is 2.58. The van der Waals surface area contributed by atoms with E-state index < -0.39 is 0 Å². The van der Waals surface area contributed by atoms with Gasteiger partial charge in [0.2, 0.25) is 12.7 Å². The van der Waals surface area contributed by atoms with E-state index in [0.717, 1.165) is 22.8 Å². The lowest BCUT2D eigenvalue weighted by Gasteiger charge is -2.33. The fourth-order valence-corrected chi connectivity index (χ4v) is 2.58. The Morgan fingerprint density at radius 2 is 2.10 bits per heavy atom. The topological polar surface area (TPSA) is 51.1 Å². The highest BCUT2D eigenvalue weighted by Crippen LogP contribution is 2.33. The predicted molar refractivity (Wildman–Crippen MR) is 75.4 cm³/mol. The van der Waals surface area contributed by atoms with Crippen LogP contribution in [-0.4, -0.2) is 42.4 Å². The van der Waals surface area contributed by atoms with Crippen molar-refractivity contribution in [2.45, 2.75) is 32.4 Å². The lowest BCUT2D eigenvalue weighted by Crippen LogP contribution is -2.49. The van der Waals surface area contributed by atoms with Crippen LogP contribution < -0.4 is 9.47 Å². The fraction of sp³-hybridized carbons (Fsp3) is 0.467. The summed E-state index contributed by atoms with van der Waals surface area (Å²) < 4.78 is 10.7. The first-order valence-electron chi connectivity index (χ1n) is 6.86. The normalized spacial score (nSPS) is 24.9. The maximum absolute atomic E-state index is 12.1. The van der Waals surface area contributed by atoms with Crippen molar-refractivity contribution in [3.05, 3.63) is 23.8 Å². The van der Waals surface area contributed by atoms with Crippen molar-refractivity contribution >= 4 is 11.6 Å². The third-order valence-electron chi connectivity index (χ3n) is 3.96. The minimum absolute atomic E-state index is 0.0364. The highest BCUT2D eigenvalue weighted by atomic mass is 16.7. The van der Waals surface area contributed by atoms with Gasteiger partial charge in [-0.2, -0.15) is 0 Å². The maximum Gasteiger partial charge on any atom is 0.247 e. The van der Waals surface area contributed by atoms with E-state index in [1.807, 2.05) is 39.1 Å². The van der Waals surface area contributed by atoms with Crippen molar-refractivity contribution in [2.75, 3.05) is 13.8 Å². The van der Waals surface area contributed by atoms with Crippen LogP contribution in [0.4, 0.5) is 0 Å². The Labute approximate surface area is 118 Å². The summed E-state index contributed by atoms with van der Waals surface area (Å²) in [4.78, 5) is 18.5. The lowest BCUT2D eigenvalue weighted by atomic mass is 9.98. The molecule has 1 aromatic rings. The first kappa shape index (κ1) is 13.0. The van der Waals surface area contributed by atoms with Gasteiger partial charge in [0.05, 0.1) is 11.8 Å². The Bertz CT molecular complexity index is 582. The van der Waals surface area contributed by atoms with Gasteiger partial charge in [0.25, 0.3) is 0 Å². The van der Waals surface area contributed by atoms with Crippen molar-refractivity contribution in [3.63, 3.8) is 0 Å². The average Bonchev–Trinajstić information content (AvgIpc) is 2.92. The minimum Gasteiger partial charge on any atom is -0.454 e. The number of ether oxygens (including phenoxy) is 2. The third-order valence-corrected chi connectivity index (χ3v) is 3.96. The van der Waals surface area contributed by atoms with Crippen molar-refractivity contribution < 1.29 is 14.3 Å². The highest BCUT2D eigenvalue weighted by molar-refractivity contribution is 6.09. The van der Waals surface area contributed by atoms with Gasteiger partial charge in [0.1, 0.15) is 6.04 Å². The number of benzene rings is 1. The van der Waals surface area contributed by atoms with Gasteiger partial charge in [-0.3, -0.25) is 9.79 Å². The summed E-state index contributed by atoms with van der Waals surface area (Å²) in [7, 11) is 1.83. The molecule has 0 bridgehead atoms. The molecule has 20 heavy (non-hydrogen) atoms. The monoisotopic (exact) mass is 274 g/mol. The Balaban J connectivity index is 2.01. The van der Waals surface area contributed by atoms with E-state index in [4.69, 9.17) is 9.47 Å². The molecule has 0 N–H and O–H groups in total. The molecule has 2 atom stereocenters. The molecule has 0 saturated heterocycles. The molecule has 106 valence electrons. The summed E-state index contributed by atoms with van der Waals surface area (Å²) in [5.41, 5.74) is 1.91. The third kappa shape index (κ3) is 1.94. The number of nitrogens with zero attached hydrogens (tertiary/aromatic N) is 2. The predicted octanol–water partition coefficient (Wildman–Crippen LogP) is 1.84. The molecular formula is C15H18N2O3. The van der Waals surface area contributed by atoms with Crippen LogP contribution in [-0.2, 0) is 4.79 Å². The molecular weight excluding hydrogens is 256 g/mol. The van der Waals surface area contributed by atoms with Crippen LogP contribution in [0.5, 0.6) is 11.5 Å². The number of hydrogen-bond acceptors (Lipinski definition) is 4. The number of rotatable bonds is 2. The van der Waals surface area contributed by atoms with Crippen molar-refractivity contribution in [1.29, 1.82) is 0 Å². The first-order chi connectivity index (χ1) is 9.61. The molecule has 2 aliphatic rings. The average molecular weight is 274 g/mol. The summed E-state index contributed by atoms with van der Waals surface area (Å²) in [5.74, 6) is 1.59. The van der Waals surface area contributed by atoms with E-state index in [0.29, 0.717) is 6.42 Å². The molecule has 5 heteroatoms. The molecule has 5 nitrogen and oxygen atoms in total. The zero-order valence-corrected chi connectivity index (χ0v) is 11.9. The Morgan fingerprint density at radius 1 is 1.35 bits per heavy atom. The Morgan fingerprint density at radius 3 is 2.85 bits per heavy atom. The number of amides is 1. The quantitative estimate of drug-likeness (QED) is 0.827. The number of aliphatic imine (C=N–C) groups is 1.